The lowest BCUT2D eigenvalue weighted by Gasteiger charge is -2.03. The number of anilines is 1. The molecule has 31 heavy (non-hydrogen) atoms. The highest BCUT2D eigenvalue weighted by Gasteiger charge is 2.16. The maximum atomic E-state index is 12.5. The molecule has 152 valence electrons. The van der Waals surface area contributed by atoms with Crippen LogP contribution in [0.2, 0.25) is 0 Å². The van der Waals surface area contributed by atoms with Crippen molar-refractivity contribution in [2.45, 2.75) is 6.42 Å². The first kappa shape index (κ1) is 19.0. The second kappa shape index (κ2) is 8.41. The average Bonchev–Trinajstić information content (AvgIpc) is 3.56. The first-order valence-electron chi connectivity index (χ1n) is 9.65. The molecule has 0 unspecified atom stereocenters. The number of hydrogen-bond acceptors (Lipinski definition) is 6. The van der Waals surface area contributed by atoms with Gasteiger partial charge in [0.15, 0.2) is 16.6 Å². The predicted octanol–water partition coefficient (Wildman–Crippen LogP) is 5.90. The molecular formula is C24H17N3O3S. The summed E-state index contributed by atoms with van der Waals surface area (Å²) in [6, 6.07) is 23.7. The van der Waals surface area contributed by atoms with E-state index in [1.807, 2.05) is 35.7 Å². The zero-order valence-corrected chi connectivity index (χ0v) is 17.1. The van der Waals surface area contributed by atoms with Gasteiger partial charge in [0.05, 0.1) is 12.0 Å². The summed E-state index contributed by atoms with van der Waals surface area (Å²) in [4.78, 5) is 17.0. The van der Waals surface area contributed by atoms with Crippen LogP contribution in [0.4, 0.5) is 5.13 Å². The van der Waals surface area contributed by atoms with Crippen molar-refractivity contribution >= 4 is 22.4 Å². The summed E-state index contributed by atoms with van der Waals surface area (Å²) < 4.78 is 10.4. The fraction of sp³-hybridized carbons (Fsp3) is 0.0417. The second-order valence-electron chi connectivity index (χ2n) is 6.91. The minimum atomic E-state index is -0.388. The molecule has 6 nitrogen and oxygen atoms in total. The lowest BCUT2D eigenvalue weighted by molar-refractivity contribution is 0.101. The van der Waals surface area contributed by atoms with E-state index in [0.717, 1.165) is 17.7 Å². The smallest absolute Gasteiger partial charge is 0.279 e. The fourth-order valence-corrected chi connectivity index (χ4v) is 3.88. The minimum Gasteiger partial charge on any atom is -0.461 e. The molecule has 3 aromatic heterocycles. The molecule has 5 rings (SSSR count). The zero-order valence-electron chi connectivity index (χ0n) is 16.3. The van der Waals surface area contributed by atoms with Crippen LogP contribution < -0.4 is 5.32 Å². The molecule has 0 aliphatic rings. The number of carbonyl (C=O) groups excluding carboxylic acids is 1. The predicted molar refractivity (Wildman–Crippen MR) is 119 cm³/mol. The van der Waals surface area contributed by atoms with E-state index < -0.39 is 0 Å². The molecule has 0 radical (unpaired) electrons. The van der Waals surface area contributed by atoms with Gasteiger partial charge in [-0.05, 0) is 29.7 Å². The Balaban J connectivity index is 1.25. The van der Waals surface area contributed by atoms with Crippen LogP contribution in [0.25, 0.3) is 22.8 Å². The van der Waals surface area contributed by atoms with Crippen molar-refractivity contribution < 1.29 is 13.7 Å². The summed E-state index contributed by atoms with van der Waals surface area (Å²) in [5, 5.41) is 8.99. The summed E-state index contributed by atoms with van der Waals surface area (Å²) in [7, 11) is 0. The lowest BCUT2D eigenvalue weighted by atomic mass is 10.0. The van der Waals surface area contributed by atoms with Crippen LogP contribution in [0.3, 0.4) is 0 Å². The third kappa shape index (κ3) is 4.31. The van der Waals surface area contributed by atoms with Gasteiger partial charge in [-0.25, -0.2) is 4.98 Å². The molecule has 2 aromatic carbocycles. The topological polar surface area (TPSA) is 81.2 Å². The minimum absolute atomic E-state index is 0.161. The van der Waals surface area contributed by atoms with Crippen molar-refractivity contribution in [3.63, 3.8) is 0 Å². The Bertz CT molecular complexity index is 1290. The molecule has 0 saturated carbocycles. The van der Waals surface area contributed by atoms with Crippen LogP contribution in [0.1, 0.15) is 21.6 Å². The van der Waals surface area contributed by atoms with Gasteiger partial charge in [-0.15, -0.1) is 11.3 Å². The molecular weight excluding hydrogens is 410 g/mol. The van der Waals surface area contributed by atoms with Gasteiger partial charge in [0.2, 0.25) is 5.76 Å². The number of nitrogens with one attached hydrogen (secondary N) is 1. The van der Waals surface area contributed by atoms with Crippen LogP contribution in [0.15, 0.2) is 93.4 Å². The van der Waals surface area contributed by atoms with E-state index >= 15 is 0 Å². The largest absolute Gasteiger partial charge is 0.461 e. The van der Waals surface area contributed by atoms with E-state index in [0.29, 0.717) is 16.7 Å². The Morgan fingerprint density at radius 1 is 0.935 bits per heavy atom. The number of furan rings is 1. The van der Waals surface area contributed by atoms with E-state index in [1.165, 1.54) is 34.8 Å². The van der Waals surface area contributed by atoms with Gasteiger partial charge in [-0.3, -0.25) is 10.1 Å². The van der Waals surface area contributed by atoms with Crippen LogP contribution in [0.5, 0.6) is 0 Å². The van der Waals surface area contributed by atoms with Crippen molar-refractivity contribution in [1.29, 1.82) is 0 Å². The molecule has 0 bridgehead atoms. The van der Waals surface area contributed by atoms with Crippen molar-refractivity contribution in [3.8, 4) is 22.8 Å². The number of amides is 1. The number of thiazole rings is 1. The van der Waals surface area contributed by atoms with Crippen molar-refractivity contribution in [2.75, 3.05) is 5.32 Å². The summed E-state index contributed by atoms with van der Waals surface area (Å²) in [6.45, 7) is 0. The van der Waals surface area contributed by atoms with Gasteiger partial charge in [0.1, 0.15) is 0 Å². The maximum Gasteiger partial charge on any atom is 0.279 e. The van der Waals surface area contributed by atoms with Crippen LogP contribution in [-0.2, 0) is 6.42 Å². The third-order valence-electron chi connectivity index (χ3n) is 4.73. The average molecular weight is 427 g/mol. The molecule has 0 aliphatic heterocycles. The Kier molecular flexibility index (Phi) is 5.16. The number of rotatable bonds is 6. The molecule has 0 spiro atoms. The molecule has 3 heterocycles. The Morgan fingerprint density at radius 2 is 1.74 bits per heavy atom. The second-order valence-corrected chi connectivity index (χ2v) is 7.76. The van der Waals surface area contributed by atoms with Gasteiger partial charge >= 0.3 is 0 Å². The van der Waals surface area contributed by atoms with Gasteiger partial charge in [-0.2, -0.15) is 0 Å². The van der Waals surface area contributed by atoms with Crippen molar-refractivity contribution in [2.24, 2.45) is 0 Å². The molecule has 5 aromatic rings. The van der Waals surface area contributed by atoms with Crippen LogP contribution in [0, 0.1) is 0 Å². The summed E-state index contributed by atoms with van der Waals surface area (Å²) >= 11 is 1.36. The van der Waals surface area contributed by atoms with Gasteiger partial charge in [0.25, 0.3) is 5.91 Å². The summed E-state index contributed by atoms with van der Waals surface area (Å²) in [5.41, 5.74) is 4.47. The normalized spacial score (nSPS) is 10.8. The fourth-order valence-electron chi connectivity index (χ4n) is 3.17. The van der Waals surface area contributed by atoms with E-state index in [4.69, 9.17) is 8.94 Å². The highest BCUT2D eigenvalue weighted by molar-refractivity contribution is 7.14. The van der Waals surface area contributed by atoms with Crippen molar-refractivity contribution in [1.82, 2.24) is 10.1 Å². The van der Waals surface area contributed by atoms with Gasteiger partial charge in [0, 0.05) is 17.0 Å². The first-order chi connectivity index (χ1) is 15.2. The Hall–Kier alpha value is -3.97. The monoisotopic (exact) mass is 427 g/mol. The highest BCUT2D eigenvalue weighted by atomic mass is 32.1. The lowest BCUT2D eigenvalue weighted by Crippen LogP contribution is -2.11. The molecule has 0 aliphatic carbocycles. The SMILES string of the molecule is O=C(Nc1nc(-c2ccc(Cc3ccccc3)cc2)cs1)c1cc(-c2ccco2)on1. The number of carbonyl (C=O) groups is 1. The zero-order chi connectivity index (χ0) is 21.0. The Morgan fingerprint density at radius 3 is 2.52 bits per heavy atom. The maximum absolute atomic E-state index is 12.5. The summed E-state index contributed by atoms with van der Waals surface area (Å²) in [5.74, 6) is 0.519. The highest BCUT2D eigenvalue weighted by Crippen LogP contribution is 2.26. The van der Waals surface area contributed by atoms with E-state index in [1.54, 1.807) is 12.1 Å². The van der Waals surface area contributed by atoms with Crippen LogP contribution in [-0.4, -0.2) is 16.0 Å². The number of nitrogens with zero attached hydrogens (tertiary/aromatic N) is 2. The number of benzene rings is 2. The van der Waals surface area contributed by atoms with E-state index in [9.17, 15) is 4.79 Å². The third-order valence-corrected chi connectivity index (χ3v) is 5.49. The molecule has 0 atom stereocenters. The molecule has 0 fully saturated rings. The van der Waals surface area contributed by atoms with Gasteiger partial charge < -0.3 is 8.94 Å². The summed E-state index contributed by atoms with van der Waals surface area (Å²) in [6.07, 6.45) is 2.42. The number of hydrogen-bond donors (Lipinski definition) is 1. The standard InChI is InChI=1S/C24H17N3O3S/c28-23(19-14-22(30-27-19)21-7-4-12-29-21)26-24-25-20(15-31-24)18-10-8-17(9-11-18)13-16-5-2-1-3-6-16/h1-12,14-15H,13H2,(H,25,26,28). The van der Waals surface area contributed by atoms with E-state index in [-0.39, 0.29) is 11.6 Å². The Labute approximate surface area is 182 Å². The number of aromatic nitrogens is 2. The van der Waals surface area contributed by atoms with Gasteiger partial charge in [-0.1, -0.05) is 59.8 Å². The quantitative estimate of drug-likeness (QED) is 0.365. The first-order valence-corrected chi connectivity index (χ1v) is 10.5. The molecule has 1 amide bonds. The molecule has 1 N–H and O–H groups in total. The molecule has 7 heteroatoms. The van der Waals surface area contributed by atoms with Crippen LogP contribution >= 0.6 is 11.3 Å². The van der Waals surface area contributed by atoms with E-state index in [2.05, 4.69) is 39.7 Å². The molecule has 0 saturated heterocycles. The van der Waals surface area contributed by atoms with Crippen molar-refractivity contribution in [3.05, 3.63) is 101 Å².